The molecule has 2 N–H and O–H groups in total. The van der Waals surface area contributed by atoms with E-state index in [1.54, 1.807) is 0 Å². The maximum Gasteiger partial charge on any atom is 0.307 e. The van der Waals surface area contributed by atoms with Gasteiger partial charge in [-0.15, -0.1) is 0 Å². The Hall–Kier alpha value is -1.10. The molecular formula is C11H17NO4. The number of rotatable bonds is 4. The number of aliphatic carboxylic acids is 1. The van der Waals surface area contributed by atoms with Crippen molar-refractivity contribution in [1.29, 1.82) is 0 Å². The van der Waals surface area contributed by atoms with Crippen LogP contribution in [-0.4, -0.2) is 36.2 Å². The maximum atomic E-state index is 11.6. The summed E-state index contributed by atoms with van der Waals surface area (Å²) >= 11 is 0. The Morgan fingerprint density at radius 1 is 1.44 bits per heavy atom. The highest BCUT2D eigenvalue weighted by Crippen LogP contribution is 2.38. The molecule has 0 bridgehead atoms. The first-order valence-corrected chi connectivity index (χ1v) is 5.71. The molecule has 0 radical (unpaired) electrons. The van der Waals surface area contributed by atoms with Crippen molar-refractivity contribution in [2.75, 3.05) is 13.2 Å². The molecule has 90 valence electrons. The van der Waals surface area contributed by atoms with E-state index in [4.69, 9.17) is 9.84 Å². The van der Waals surface area contributed by atoms with Gasteiger partial charge in [-0.1, -0.05) is 0 Å². The van der Waals surface area contributed by atoms with Crippen molar-refractivity contribution in [1.82, 2.24) is 5.32 Å². The quantitative estimate of drug-likeness (QED) is 0.721. The molecule has 0 aromatic rings. The molecular weight excluding hydrogens is 210 g/mol. The number of hydrogen-bond acceptors (Lipinski definition) is 3. The lowest BCUT2D eigenvalue weighted by molar-refractivity contribution is -0.140. The van der Waals surface area contributed by atoms with Crippen LogP contribution in [0.25, 0.3) is 0 Å². The van der Waals surface area contributed by atoms with Crippen LogP contribution in [-0.2, 0) is 14.3 Å². The molecule has 2 fully saturated rings. The van der Waals surface area contributed by atoms with E-state index in [0.717, 1.165) is 13.0 Å². The lowest BCUT2D eigenvalue weighted by Crippen LogP contribution is -2.33. The molecule has 1 heterocycles. The Balaban J connectivity index is 1.71. The van der Waals surface area contributed by atoms with E-state index in [1.807, 2.05) is 6.92 Å². The van der Waals surface area contributed by atoms with Gasteiger partial charge in [-0.05, 0) is 19.8 Å². The number of carbonyl (C=O) groups is 2. The second kappa shape index (κ2) is 4.41. The zero-order valence-corrected chi connectivity index (χ0v) is 9.31. The second-order valence-electron chi connectivity index (χ2n) is 4.66. The summed E-state index contributed by atoms with van der Waals surface area (Å²) in [5.74, 6) is -1.39. The van der Waals surface area contributed by atoms with Crippen molar-refractivity contribution in [2.24, 2.45) is 17.8 Å². The van der Waals surface area contributed by atoms with Crippen LogP contribution in [0, 0.1) is 17.8 Å². The zero-order chi connectivity index (χ0) is 11.7. The van der Waals surface area contributed by atoms with Crippen molar-refractivity contribution in [2.45, 2.75) is 25.9 Å². The summed E-state index contributed by atoms with van der Waals surface area (Å²) in [6, 6.07) is 0. The summed E-state index contributed by atoms with van der Waals surface area (Å²) in [5.41, 5.74) is 0. The summed E-state index contributed by atoms with van der Waals surface area (Å²) in [5, 5.41) is 11.5. The van der Waals surface area contributed by atoms with E-state index in [1.165, 1.54) is 0 Å². The van der Waals surface area contributed by atoms with Crippen LogP contribution in [0.2, 0.25) is 0 Å². The first kappa shape index (κ1) is 11.4. The second-order valence-corrected chi connectivity index (χ2v) is 4.66. The first-order chi connectivity index (χ1) is 7.59. The fourth-order valence-corrected chi connectivity index (χ4v) is 2.16. The molecule has 1 amide bonds. The van der Waals surface area contributed by atoms with Gasteiger partial charge >= 0.3 is 5.97 Å². The minimum atomic E-state index is -0.863. The largest absolute Gasteiger partial charge is 0.481 e. The highest BCUT2D eigenvalue weighted by atomic mass is 16.5. The third-order valence-corrected chi connectivity index (χ3v) is 3.52. The van der Waals surface area contributed by atoms with E-state index in [2.05, 4.69) is 5.32 Å². The van der Waals surface area contributed by atoms with Gasteiger partial charge in [0.1, 0.15) is 0 Å². The summed E-state index contributed by atoms with van der Waals surface area (Å²) < 4.78 is 5.39. The van der Waals surface area contributed by atoms with Crippen LogP contribution in [0.1, 0.15) is 19.8 Å². The van der Waals surface area contributed by atoms with Crippen molar-refractivity contribution in [3.8, 4) is 0 Å². The number of amides is 1. The normalized spacial score (nSPS) is 37.1. The third-order valence-electron chi connectivity index (χ3n) is 3.52. The Labute approximate surface area is 94.2 Å². The molecule has 1 aliphatic carbocycles. The highest BCUT2D eigenvalue weighted by molar-refractivity contribution is 5.89. The number of ether oxygens (including phenoxy) is 1. The Bertz CT molecular complexity index is 304. The molecule has 0 aromatic carbocycles. The highest BCUT2D eigenvalue weighted by Gasteiger charge is 2.48. The maximum absolute atomic E-state index is 11.6. The van der Waals surface area contributed by atoms with Gasteiger partial charge < -0.3 is 15.2 Å². The Morgan fingerprint density at radius 3 is 2.69 bits per heavy atom. The zero-order valence-electron chi connectivity index (χ0n) is 9.31. The van der Waals surface area contributed by atoms with E-state index in [0.29, 0.717) is 18.9 Å². The van der Waals surface area contributed by atoms with E-state index in [9.17, 15) is 9.59 Å². The van der Waals surface area contributed by atoms with Gasteiger partial charge in [-0.3, -0.25) is 9.59 Å². The number of carboxylic acid groups (broad SMARTS) is 1. The Morgan fingerprint density at radius 2 is 2.19 bits per heavy atom. The molecule has 2 aliphatic rings. The lowest BCUT2D eigenvalue weighted by Gasteiger charge is -2.14. The van der Waals surface area contributed by atoms with Crippen LogP contribution in [0.4, 0.5) is 0 Å². The average molecular weight is 227 g/mol. The number of hydrogen-bond donors (Lipinski definition) is 2. The van der Waals surface area contributed by atoms with Gasteiger partial charge in [-0.25, -0.2) is 0 Å². The molecule has 2 rings (SSSR count). The molecule has 0 spiro atoms. The van der Waals surface area contributed by atoms with Gasteiger partial charge in [0, 0.05) is 19.1 Å². The van der Waals surface area contributed by atoms with Gasteiger partial charge in [0.15, 0.2) is 0 Å². The molecule has 5 nitrogen and oxygen atoms in total. The van der Waals surface area contributed by atoms with Gasteiger partial charge in [0.2, 0.25) is 5.91 Å². The molecule has 1 saturated carbocycles. The first-order valence-electron chi connectivity index (χ1n) is 5.71. The van der Waals surface area contributed by atoms with Gasteiger partial charge in [0.05, 0.1) is 17.9 Å². The van der Waals surface area contributed by atoms with E-state index < -0.39 is 11.9 Å². The molecule has 0 aromatic heterocycles. The van der Waals surface area contributed by atoms with Crippen molar-refractivity contribution < 1.29 is 19.4 Å². The number of nitrogens with one attached hydrogen (secondary N) is 1. The van der Waals surface area contributed by atoms with E-state index in [-0.39, 0.29) is 17.9 Å². The smallest absolute Gasteiger partial charge is 0.307 e. The van der Waals surface area contributed by atoms with Gasteiger partial charge in [-0.2, -0.15) is 0 Å². The average Bonchev–Trinajstić information content (AvgIpc) is 2.94. The summed E-state index contributed by atoms with van der Waals surface area (Å²) in [4.78, 5) is 22.2. The third kappa shape index (κ3) is 2.35. The SMILES string of the molecule is CC1OCCC1CNC(=O)[C@@H]1C[C@@H]1C(=O)O. The molecule has 2 unspecified atom stereocenters. The van der Waals surface area contributed by atoms with Crippen LogP contribution in [0.15, 0.2) is 0 Å². The van der Waals surface area contributed by atoms with Gasteiger partial charge in [0.25, 0.3) is 0 Å². The van der Waals surface area contributed by atoms with Crippen LogP contribution >= 0.6 is 0 Å². The fraction of sp³-hybridized carbons (Fsp3) is 0.818. The number of carboxylic acids is 1. The fourth-order valence-electron chi connectivity index (χ4n) is 2.16. The molecule has 5 heteroatoms. The standard InChI is InChI=1S/C11H17NO4/c1-6-7(2-3-16-6)5-12-10(13)8-4-9(8)11(14)15/h6-9H,2-5H2,1H3,(H,12,13)(H,14,15)/t6?,7?,8-,9+/m1/s1. The van der Waals surface area contributed by atoms with Crippen LogP contribution < -0.4 is 5.32 Å². The summed E-state index contributed by atoms with van der Waals surface area (Å²) in [7, 11) is 0. The topological polar surface area (TPSA) is 75.6 Å². The predicted molar refractivity (Wildman–Crippen MR) is 55.8 cm³/mol. The van der Waals surface area contributed by atoms with Crippen molar-refractivity contribution in [3.05, 3.63) is 0 Å². The Kier molecular flexibility index (Phi) is 3.14. The van der Waals surface area contributed by atoms with Crippen molar-refractivity contribution >= 4 is 11.9 Å². The minimum absolute atomic E-state index is 0.119. The molecule has 1 saturated heterocycles. The summed E-state index contributed by atoms with van der Waals surface area (Å²) in [6.07, 6.45) is 1.64. The monoisotopic (exact) mass is 227 g/mol. The number of carbonyl (C=O) groups excluding carboxylic acids is 1. The lowest BCUT2D eigenvalue weighted by atomic mass is 10.0. The van der Waals surface area contributed by atoms with E-state index >= 15 is 0 Å². The molecule has 16 heavy (non-hydrogen) atoms. The molecule has 4 atom stereocenters. The molecule has 1 aliphatic heterocycles. The van der Waals surface area contributed by atoms with Crippen molar-refractivity contribution in [3.63, 3.8) is 0 Å². The summed E-state index contributed by atoms with van der Waals surface area (Å²) in [6.45, 7) is 3.35. The van der Waals surface area contributed by atoms with Crippen LogP contribution in [0.3, 0.4) is 0 Å². The predicted octanol–water partition coefficient (Wildman–Crippen LogP) is 0.248. The van der Waals surface area contributed by atoms with Crippen LogP contribution in [0.5, 0.6) is 0 Å². The minimum Gasteiger partial charge on any atom is -0.481 e.